The molecule has 0 saturated heterocycles. The molecule has 1 aliphatic rings. The van der Waals surface area contributed by atoms with Gasteiger partial charge in [0.1, 0.15) is 0 Å². The molecule has 0 bridgehead atoms. The van der Waals surface area contributed by atoms with Crippen molar-refractivity contribution >= 4 is 26.8 Å². The van der Waals surface area contributed by atoms with E-state index in [4.69, 9.17) is 4.74 Å². The normalized spacial score (nSPS) is 20.3. The van der Waals surface area contributed by atoms with Crippen LogP contribution in [0.25, 0.3) is 10.8 Å². The molecule has 138 valence electrons. The summed E-state index contributed by atoms with van der Waals surface area (Å²) in [4.78, 5) is 13.1. The summed E-state index contributed by atoms with van der Waals surface area (Å²) >= 11 is 0. The number of benzene rings is 3. The van der Waals surface area contributed by atoms with Gasteiger partial charge in [-0.15, -0.1) is 0 Å². The molecule has 4 rings (SSSR count). The van der Waals surface area contributed by atoms with E-state index in [2.05, 4.69) is 4.72 Å². The number of rotatable bonds is 4. The summed E-state index contributed by atoms with van der Waals surface area (Å²) in [6.45, 7) is 1.87. The molecule has 0 radical (unpaired) electrons. The predicted octanol–water partition coefficient (Wildman–Crippen LogP) is 3.13. The number of hydrogen-bond donors (Lipinski definition) is 1. The Kier molecular flexibility index (Phi) is 4.25. The lowest BCUT2D eigenvalue weighted by Crippen LogP contribution is -2.49. The van der Waals surface area contributed by atoms with Crippen LogP contribution in [0.4, 0.5) is 0 Å². The van der Waals surface area contributed by atoms with Gasteiger partial charge in [0.05, 0.1) is 11.5 Å². The van der Waals surface area contributed by atoms with Gasteiger partial charge in [0, 0.05) is 12.0 Å². The number of hydrogen-bond acceptors (Lipinski definition) is 4. The van der Waals surface area contributed by atoms with E-state index in [0.29, 0.717) is 5.56 Å². The molecule has 0 unspecified atom stereocenters. The summed E-state index contributed by atoms with van der Waals surface area (Å²) in [6, 6.07) is 20.3. The Hall–Kier alpha value is -2.70. The van der Waals surface area contributed by atoms with Crippen LogP contribution in [-0.2, 0) is 31.5 Å². The van der Waals surface area contributed by atoms with Crippen LogP contribution in [0.2, 0.25) is 0 Å². The number of esters is 1. The van der Waals surface area contributed by atoms with Crippen molar-refractivity contribution in [3.63, 3.8) is 0 Å². The fourth-order valence-corrected chi connectivity index (χ4v) is 5.28. The van der Waals surface area contributed by atoms with Crippen molar-refractivity contribution < 1.29 is 17.9 Å². The lowest BCUT2D eigenvalue weighted by atomic mass is 9.84. The van der Waals surface area contributed by atoms with Crippen LogP contribution in [0.3, 0.4) is 0 Å². The van der Waals surface area contributed by atoms with E-state index >= 15 is 0 Å². The zero-order valence-electron chi connectivity index (χ0n) is 14.8. The Morgan fingerprint density at radius 2 is 1.70 bits per heavy atom. The molecule has 0 fully saturated rings. The van der Waals surface area contributed by atoms with Crippen LogP contribution >= 0.6 is 0 Å². The second-order valence-corrected chi connectivity index (χ2v) is 8.24. The van der Waals surface area contributed by atoms with E-state index in [-0.39, 0.29) is 17.9 Å². The van der Waals surface area contributed by atoms with Crippen molar-refractivity contribution in [1.29, 1.82) is 0 Å². The number of ether oxygens (including phenoxy) is 1. The van der Waals surface area contributed by atoms with Crippen LogP contribution < -0.4 is 4.72 Å². The van der Waals surface area contributed by atoms with Gasteiger partial charge in [-0.3, -0.25) is 0 Å². The minimum atomic E-state index is -3.79. The van der Waals surface area contributed by atoms with Gasteiger partial charge in [0.15, 0.2) is 5.54 Å². The molecule has 0 aromatic heterocycles. The van der Waals surface area contributed by atoms with E-state index in [9.17, 15) is 13.2 Å². The van der Waals surface area contributed by atoms with Gasteiger partial charge in [-0.05, 0) is 29.3 Å². The third-order valence-electron chi connectivity index (χ3n) is 4.85. The van der Waals surface area contributed by atoms with Gasteiger partial charge < -0.3 is 4.74 Å². The lowest BCUT2D eigenvalue weighted by molar-refractivity contribution is -0.150. The van der Waals surface area contributed by atoms with Crippen LogP contribution in [0, 0.1) is 0 Å². The summed E-state index contributed by atoms with van der Waals surface area (Å²) in [5.41, 5.74) is -0.189. The van der Waals surface area contributed by atoms with E-state index < -0.39 is 21.5 Å². The zero-order valence-corrected chi connectivity index (χ0v) is 15.6. The summed E-state index contributed by atoms with van der Waals surface area (Å²) in [6.07, 6.45) is 0.174. The molecular weight excluding hydrogens is 362 g/mol. The Labute approximate surface area is 158 Å². The van der Waals surface area contributed by atoms with E-state index in [1.807, 2.05) is 42.5 Å². The van der Waals surface area contributed by atoms with Gasteiger partial charge in [0.2, 0.25) is 10.0 Å². The molecule has 6 heteroatoms. The summed E-state index contributed by atoms with van der Waals surface area (Å²) < 4.78 is 33.2. The highest BCUT2D eigenvalue weighted by Crippen LogP contribution is 2.39. The van der Waals surface area contributed by atoms with Crippen molar-refractivity contribution in [2.75, 3.05) is 6.61 Å². The Morgan fingerprint density at radius 3 is 2.48 bits per heavy atom. The Balaban J connectivity index is 1.86. The van der Waals surface area contributed by atoms with Gasteiger partial charge >= 0.3 is 5.97 Å². The predicted molar refractivity (Wildman–Crippen MR) is 103 cm³/mol. The number of carbonyl (C=O) groups is 1. The fraction of sp³-hybridized carbons (Fsp3) is 0.190. The second kappa shape index (κ2) is 6.48. The third kappa shape index (κ3) is 2.91. The zero-order chi connectivity index (χ0) is 19.1. The van der Waals surface area contributed by atoms with Gasteiger partial charge in [-0.1, -0.05) is 60.7 Å². The minimum absolute atomic E-state index is 0.124. The highest BCUT2D eigenvalue weighted by atomic mass is 32.2. The van der Waals surface area contributed by atoms with Crippen molar-refractivity contribution in [3.05, 3.63) is 77.9 Å². The van der Waals surface area contributed by atoms with Crippen LogP contribution in [0.15, 0.2) is 71.6 Å². The molecule has 3 aromatic rings. The Morgan fingerprint density at radius 1 is 1.00 bits per heavy atom. The molecule has 0 aliphatic carbocycles. The van der Waals surface area contributed by atoms with Crippen molar-refractivity contribution in [3.8, 4) is 0 Å². The second-order valence-electron chi connectivity index (χ2n) is 6.59. The first-order valence-corrected chi connectivity index (χ1v) is 10.2. The highest BCUT2D eigenvalue weighted by molar-refractivity contribution is 7.90. The molecule has 27 heavy (non-hydrogen) atoms. The average molecular weight is 381 g/mol. The molecular formula is C21H19NO4S. The van der Waals surface area contributed by atoms with E-state index in [1.54, 1.807) is 25.1 Å². The topological polar surface area (TPSA) is 72.5 Å². The number of carbonyl (C=O) groups excluding carboxylic acids is 1. The molecule has 1 N–H and O–H groups in total. The third-order valence-corrected chi connectivity index (χ3v) is 6.40. The molecule has 0 spiro atoms. The standard InChI is InChI=1S/C21H19NO4S/c1-2-26-20(23)21(18-9-5-6-10-19(18)27(24,25)22-21)14-15-11-12-16-7-3-4-8-17(16)13-15/h3-13,22H,2,14H2,1H3/t21-/m1/s1. The van der Waals surface area contributed by atoms with Gasteiger partial charge in [0.25, 0.3) is 0 Å². The molecule has 5 nitrogen and oxygen atoms in total. The first kappa shape index (κ1) is 17.7. The SMILES string of the molecule is CCOC(=O)[C@]1(Cc2ccc3ccccc3c2)NS(=O)(=O)c2ccccc21. The number of fused-ring (bicyclic) bond motifs is 2. The fourth-order valence-electron chi connectivity index (χ4n) is 3.66. The summed E-state index contributed by atoms with van der Waals surface area (Å²) in [5.74, 6) is -0.591. The number of sulfonamides is 1. The summed E-state index contributed by atoms with van der Waals surface area (Å²) in [5, 5.41) is 2.11. The first-order chi connectivity index (χ1) is 13.0. The quantitative estimate of drug-likeness (QED) is 0.705. The molecule has 1 heterocycles. The molecule has 0 saturated carbocycles. The maximum absolute atomic E-state index is 12.9. The maximum atomic E-state index is 12.9. The van der Waals surface area contributed by atoms with E-state index in [0.717, 1.165) is 16.3 Å². The van der Waals surface area contributed by atoms with E-state index in [1.165, 1.54) is 6.07 Å². The first-order valence-electron chi connectivity index (χ1n) is 8.75. The maximum Gasteiger partial charge on any atom is 0.332 e. The molecule has 0 amide bonds. The Bertz CT molecular complexity index is 1140. The monoisotopic (exact) mass is 381 g/mol. The summed E-state index contributed by atoms with van der Waals surface area (Å²) in [7, 11) is -3.79. The molecule has 3 aromatic carbocycles. The van der Waals surface area contributed by atoms with Crippen LogP contribution in [0.1, 0.15) is 18.1 Å². The average Bonchev–Trinajstić information content (AvgIpc) is 2.90. The highest BCUT2D eigenvalue weighted by Gasteiger charge is 2.53. The van der Waals surface area contributed by atoms with Crippen LogP contribution in [-0.4, -0.2) is 21.0 Å². The molecule has 1 aliphatic heterocycles. The molecule has 1 atom stereocenters. The van der Waals surface area contributed by atoms with Crippen molar-refractivity contribution in [1.82, 2.24) is 4.72 Å². The van der Waals surface area contributed by atoms with Gasteiger partial charge in [-0.25, -0.2) is 13.2 Å². The van der Waals surface area contributed by atoms with Crippen LogP contribution in [0.5, 0.6) is 0 Å². The lowest BCUT2D eigenvalue weighted by Gasteiger charge is -2.27. The van der Waals surface area contributed by atoms with Crippen molar-refractivity contribution in [2.24, 2.45) is 0 Å². The largest absolute Gasteiger partial charge is 0.464 e. The number of nitrogens with one attached hydrogen (secondary N) is 1. The minimum Gasteiger partial charge on any atom is -0.464 e. The smallest absolute Gasteiger partial charge is 0.332 e. The van der Waals surface area contributed by atoms with Crippen molar-refractivity contribution in [2.45, 2.75) is 23.8 Å². The van der Waals surface area contributed by atoms with Gasteiger partial charge in [-0.2, -0.15) is 4.72 Å².